The molecule has 0 aliphatic carbocycles. The maximum absolute atomic E-state index is 12.7. The van der Waals surface area contributed by atoms with Crippen LogP contribution in [0.3, 0.4) is 0 Å². The lowest BCUT2D eigenvalue weighted by Gasteiger charge is -2.09. The molecule has 25 heavy (non-hydrogen) atoms. The minimum Gasteiger partial charge on any atom is -0.326 e. The third kappa shape index (κ3) is 4.45. The Morgan fingerprint density at radius 2 is 1.88 bits per heavy atom. The Kier molecular flexibility index (Phi) is 4.85. The summed E-state index contributed by atoms with van der Waals surface area (Å²) in [5.74, 6) is -0.374. The van der Waals surface area contributed by atoms with Crippen LogP contribution in [0.4, 0.5) is 18.9 Å². The van der Waals surface area contributed by atoms with Gasteiger partial charge in [0.25, 0.3) is 0 Å². The Morgan fingerprint density at radius 3 is 2.52 bits per heavy atom. The van der Waals surface area contributed by atoms with E-state index in [4.69, 9.17) is 0 Å². The number of thiazole rings is 1. The minimum absolute atomic E-state index is 0.127. The van der Waals surface area contributed by atoms with Gasteiger partial charge in [0.2, 0.25) is 5.91 Å². The van der Waals surface area contributed by atoms with Gasteiger partial charge in [0.1, 0.15) is 5.01 Å². The summed E-state index contributed by atoms with van der Waals surface area (Å²) >= 11 is 1.51. The van der Waals surface area contributed by atoms with Gasteiger partial charge in [0.15, 0.2) is 0 Å². The number of anilines is 1. The Balaban J connectivity index is 1.65. The molecular formula is C18H13F3N2OS. The predicted molar refractivity (Wildman–Crippen MR) is 91.3 cm³/mol. The highest BCUT2D eigenvalue weighted by molar-refractivity contribution is 7.13. The van der Waals surface area contributed by atoms with Crippen LogP contribution in [0.2, 0.25) is 0 Å². The smallest absolute Gasteiger partial charge is 0.326 e. The molecule has 0 bridgehead atoms. The fraction of sp³-hybridized carbons (Fsp3) is 0.111. The Hall–Kier alpha value is -2.67. The summed E-state index contributed by atoms with van der Waals surface area (Å²) in [5.41, 5.74) is 1.07. The van der Waals surface area contributed by atoms with E-state index in [1.807, 2.05) is 17.5 Å². The number of nitrogens with one attached hydrogen (secondary N) is 1. The molecule has 2 aromatic carbocycles. The second kappa shape index (κ2) is 7.06. The van der Waals surface area contributed by atoms with Gasteiger partial charge in [0.05, 0.1) is 12.0 Å². The summed E-state index contributed by atoms with van der Waals surface area (Å²) in [6, 6.07) is 11.9. The van der Waals surface area contributed by atoms with E-state index in [0.29, 0.717) is 11.3 Å². The number of aromatic nitrogens is 1. The molecule has 3 rings (SSSR count). The first kappa shape index (κ1) is 17.2. The first-order valence-electron chi connectivity index (χ1n) is 7.38. The Bertz CT molecular complexity index is 859. The summed E-state index contributed by atoms with van der Waals surface area (Å²) in [4.78, 5) is 16.3. The van der Waals surface area contributed by atoms with Crippen LogP contribution in [0.1, 0.15) is 11.1 Å². The second-order valence-corrected chi connectivity index (χ2v) is 6.23. The molecule has 0 aliphatic rings. The molecule has 0 spiro atoms. The van der Waals surface area contributed by atoms with Crippen molar-refractivity contribution in [3.05, 3.63) is 71.2 Å². The van der Waals surface area contributed by atoms with Crippen LogP contribution in [-0.4, -0.2) is 10.9 Å². The van der Waals surface area contributed by atoms with Crippen molar-refractivity contribution in [2.24, 2.45) is 0 Å². The van der Waals surface area contributed by atoms with Crippen molar-refractivity contribution in [2.45, 2.75) is 12.6 Å². The molecule has 0 fully saturated rings. The van der Waals surface area contributed by atoms with Crippen molar-refractivity contribution >= 4 is 22.9 Å². The molecule has 0 saturated heterocycles. The summed E-state index contributed by atoms with van der Waals surface area (Å²) in [7, 11) is 0. The zero-order chi connectivity index (χ0) is 17.9. The van der Waals surface area contributed by atoms with Crippen molar-refractivity contribution in [1.82, 2.24) is 4.98 Å². The molecule has 3 aromatic rings. The minimum atomic E-state index is -4.42. The lowest BCUT2D eigenvalue weighted by molar-refractivity contribution is -0.137. The first-order valence-corrected chi connectivity index (χ1v) is 8.26. The van der Waals surface area contributed by atoms with Gasteiger partial charge >= 0.3 is 6.18 Å². The normalized spacial score (nSPS) is 11.3. The summed E-state index contributed by atoms with van der Waals surface area (Å²) < 4.78 is 38.1. The number of halogens is 3. The summed E-state index contributed by atoms with van der Waals surface area (Å²) in [5, 5.41) is 5.44. The highest BCUT2D eigenvalue weighted by atomic mass is 32.1. The van der Waals surface area contributed by atoms with Crippen molar-refractivity contribution in [2.75, 3.05) is 5.32 Å². The molecule has 1 aromatic heterocycles. The molecule has 1 heterocycles. The Morgan fingerprint density at radius 1 is 1.12 bits per heavy atom. The van der Waals surface area contributed by atoms with Crippen LogP contribution in [0.15, 0.2) is 60.1 Å². The molecule has 7 heteroatoms. The highest BCUT2D eigenvalue weighted by Gasteiger charge is 2.30. The van der Waals surface area contributed by atoms with Crippen molar-refractivity contribution in [3.8, 4) is 10.6 Å². The number of hydrogen-bond donors (Lipinski definition) is 1. The van der Waals surface area contributed by atoms with E-state index in [-0.39, 0.29) is 12.3 Å². The van der Waals surface area contributed by atoms with Gasteiger partial charge in [-0.2, -0.15) is 13.2 Å². The summed E-state index contributed by atoms with van der Waals surface area (Å²) in [6.07, 6.45) is -2.83. The number of amides is 1. The molecule has 3 nitrogen and oxygen atoms in total. The molecular weight excluding hydrogens is 349 g/mol. The Labute approximate surface area is 146 Å². The van der Waals surface area contributed by atoms with E-state index in [9.17, 15) is 18.0 Å². The SMILES string of the molecule is O=C(Cc1cccc(C(F)(F)F)c1)Nc1ccc(-c2nccs2)cc1. The predicted octanol–water partition coefficient (Wildman–Crippen LogP) is 5.01. The van der Waals surface area contributed by atoms with Gasteiger partial charge < -0.3 is 5.32 Å². The average molecular weight is 362 g/mol. The molecule has 1 amide bonds. The average Bonchev–Trinajstić information content (AvgIpc) is 3.09. The number of alkyl halides is 3. The van der Waals surface area contributed by atoms with Crippen LogP contribution >= 0.6 is 11.3 Å². The van der Waals surface area contributed by atoms with Crippen molar-refractivity contribution in [1.29, 1.82) is 0 Å². The standard InChI is InChI=1S/C18H13F3N2OS/c19-18(20,21)14-3-1-2-12(10-14)11-16(24)23-15-6-4-13(5-7-15)17-22-8-9-25-17/h1-10H,11H2,(H,23,24). The van der Waals surface area contributed by atoms with Crippen LogP contribution in [0.5, 0.6) is 0 Å². The number of hydrogen-bond acceptors (Lipinski definition) is 3. The van der Waals surface area contributed by atoms with E-state index in [1.165, 1.54) is 23.5 Å². The molecule has 1 N–H and O–H groups in total. The van der Waals surface area contributed by atoms with Crippen LogP contribution < -0.4 is 5.32 Å². The number of carbonyl (C=O) groups excluding carboxylic acids is 1. The van der Waals surface area contributed by atoms with Crippen LogP contribution in [0, 0.1) is 0 Å². The van der Waals surface area contributed by atoms with Crippen LogP contribution in [-0.2, 0) is 17.4 Å². The topological polar surface area (TPSA) is 42.0 Å². The number of benzene rings is 2. The van der Waals surface area contributed by atoms with Gasteiger partial charge in [-0.25, -0.2) is 4.98 Å². The van der Waals surface area contributed by atoms with E-state index >= 15 is 0 Å². The summed E-state index contributed by atoms with van der Waals surface area (Å²) in [6.45, 7) is 0. The number of rotatable bonds is 4. The quantitative estimate of drug-likeness (QED) is 0.709. The molecule has 0 radical (unpaired) electrons. The second-order valence-electron chi connectivity index (χ2n) is 5.34. The molecule has 0 unspecified atom stereocenters. The maximum atomic E-state index is 12.7. The maximum Gasteiger partial charge on any atom is 0.416 e. The molecule has 0 aliphatic heterocycles. The van der Waals surface area contributed by atoms with Gasteiger partial charge in [-0.1, -0.05) is 18.2 Å². The lowest BCUT2D eigenvalue weighted by atomic mass is 10.1. The van der Waals surface area contributed by atoms with E-state index in [2.05, 4.69) is 10.3 Å². The van der Waals surface area contributed by atoms with Crippen molar-refractivity contribution < 1.29 is 18.0 Å². The van der Waals surface area contributed by atoms with E-state index in [1.54, 1.807) is 18.3 Å². The monoisotopic (exact) mass is 362 g/mol. The fourth-order valence-corrected chi connectivity index (χ4v) is 2.95. The zero-order valence-electron chi connectivity index (χ0n) is 12.9. The third-order valence-corrected chi connectivity index (χ3v) is 4.29. The third-order valence-electron chi connectivity index (χ3n) is 3.47. The largest absolute Gasteiger partial charge is 0.416 e. The first-order chi connectivity index (χ1) is 11.9. The lowest BCUT2D eigenvalue weighted by Crippen LogP contribution is -2.15. The highest BCUT2D eigenvalue weighted by Crippen LogP contribution is 2.29. The number of carbonyl (C=O) groups is 1. The number of nitrogens with zero attached hydrogens (tertiary/aromatic N) is 1. The fourth-order valence-electron chi connectivity index (χ4n) is 2.31. The molecule has 128 valence electrons. The van der Waals surface area contributed by atoms with Gasteiger partial charge in [-0.3, -0.25) is 4.79 Å². The van der Waals surface area contributed by atoms with Crippen molar-refractivity contribution in [3.63, 3.8) is 0 Å². The van der Waals surface area contributed by atoms with Gasteiger partial charge in [0, 0.05) is 22.8 Å². The van der Waals surface area contributed by atoms with E-state index in [0.717, 1.165) is 22.7 Å². The van der Waals surface area contributed by atoms with Gasteiger partial charge in [-0.15, -0.1) is 11.3 Å². The van der Waals surface area contributed by atoms with E-state index < -0.39 is 11.7 Å². The van der Waals surface area contributed by atoms with Gasteiger partial charge in [-0.05, 0) is 35.9 Å². The van der Waals surface area contributed by atoms with Crippen LogP contribution in [0.25, 0.3) is 10.6 Å². The zero-order valence-corrected chi connectivity index (χ0v) is 13.7. The molecule has 0 atom stereocenters. The molecule has 0 saturated carbocycles.